The van der Waals surface area contributed by atoms with Crippen LogP contribution in [0.3, 0.4) is 0 Å². The molecule has 16 heavy (non-hydrogen) atoms. The SMILES string of the molecule is CCn1cc(C([O-])=CC(=O)C(=O)OC)cn1. The van der Waals surface area contributed by atoms with E-state index in [1.165, 1.54) is 12.4 Å². The van der Waals surface area contributed by atoms with E-state index < -0.39 is 17.5 Å². The number of carbonyl (C=O) groups excluding carboxylic acids is 2. The average Bonchev–Trinajstić information content (AvgIpc) is 2.76. The third-order valence-corrected chi connectivity index (χ3v) is 1.89. The molecule has 0 saturated carbocycles. The highest BCUT2D eigenvalue weighted by molar-refractivity contribution is 6.39. The van der Waals surface area contributed by atoms with Gasteiger partial charge in [-0.15, -0.1) is 0 Å². The number of aryl methyl sites for hydroxylation is 1. The Kier molecular flexibility index (Phi) is 3.82. The molecule has 6 heteroatoms. The Hall–Kier alpha value is -2.11. The molecule has 0 aromatic carbocycles. The van der Waals surface area contributed by atoms with Gasteiger partial charge < -0.3 is 9.84 Å². The lowest BCUT2D eigenvalue weighted by atomic mass is 10.2. The predicted octanol–water partition coefficient (Wildman–Crippen LogP) is -0.654. The second kappa shape index (κ2) is 5.11. The van der Waals surface area contributed by atoms with Crippen molar-refractivity contribution in [1.29, 1.82) is 0 Å². The van der Waals surface area contributed by atoms with E-state index in [9.17, 15) is 14.7 Å². The molecule has 1 aromatic rings. The predicted molar refractivity (Wildman–Crippen MR) is 52.9 cm³/mol. The first-order valence-corrected chi connectivity index (χ1v) is 4.62. The van der Waals surface area contributed by atoms with Crippen LogP contribution in [0.25, 0.3) is 5.76 Å². The fourth-order valence-electron chi connectivity index (χ4n) is 1.03. The van der Waals surface area contributed by atoms with Gasteiger partial charge in [-0.2, -0.15) is 5.10 Å². The van der Waals surface area contributed by atoms with Gasteiger partial charge >= 0.3 is 5.97 Å². The fraction of sp³-hybridized carbons (Fsp3) is 0.300. The molecule has 0 aliphatic carbocycles. The Labute approximate surface area is 92.1 Å². The molecule has 1 aromatic heterocycles. The van der Waals surface area contributed by atoms with Crippen LogP contribution in [0.15, 0.2) is 18.5 Å². The summed E-state index contributed by atoms with van der Waals surface area (Å²) in [6.45, 7) is 2.49. The summed E-state index contributed by atoms with van der Waals surface area (Å²) in [7, 11) is 1.08. The number of carbonyl (C=O) groups is 2. The molecule has 0 bridgehead atoms. The second-order valence-electron chi connectivity index (χ2n) is 2.95. The van der Waals surface area contributed by atoms with Crippen molar-refractivity contribution < 1.29 is 19.4 Å². The maximum atomic E-state index is 11.5. The van der Waals surface area contributed by atoms with Crippen LogP contribution in [0, 0.1) is 0 Å². The van der Waals surface area contributed by atoms with Gasteiger partial charge in [0.05, 0.1) is 13.3 Å². The summed E-state index contributed by atoms with van der Waals surface area (Å²) in [5.41, 5.74) is 0.263. The van der Waals surface area contributed by atoms with E-state index in [4.69, 9.17) is 0 Å². The molecule has 0 N–H and O–H groups in total. The van der Waals surface area contributed by atoms with Gasteiger partial charge in [-0.05, 0) is 13.0 Å². The largest absolute Gasteiger partial charge is 0.872 e. The summed E-state index contributed by atoms with van der Waals surface area (Å²) in [6, 6.07) is 0. The number of ketones is 1. The van der Waals surface area contributed by atoms with Gasteiger partial charge in [-0.3, -0.25) is 9.48 Å². The summed E-state index contributed by atoms with van der Waals surface area (Å²) in [4.78, 5) is 21.8. The first kappa shape index (κ1) is 12.0. The lowest BCUT2D eigenvalue weighted by Gasteiger charge is -2.07. The van der Waals surface area contributed by atoms with Crippen molar-refractivity contribution in [2.24, 2.45) is 0 Å². The van der Waals surface area contributed by atoms with Crippen molar-refractivity contribution in [2.45, 2.75) is 13.5 Å². The number of nitrogens with zero attached hydrogens (tertiary/aromatic N) is 2. The second-order valence-corrected chi connectivity index (χ2v) is 2.95. The van der Waals surface area contributed by atoms with Crippen molar-refractivity contribution in [2.75, 3.05) is 7.11 Å². The van der Waals surface area contributed by atoms with Crippen molar-refractivity contribution in [3.63, 3.8) is 0 Å². The Morgan fingerprint density at radius 3 is 2.81 bits per heavy atom. The molecule has 0 saturated heterocycles. The summed E-state index contributed by atoms with van der Waals surface area (Å²) in [5, 5.41) is 15.3. The lowest BCUT2D eigenvalue weighted by molar-refractivity contribution is -0.243. The Bertz CT molecular complexity index is 434. The number of rotatable bonds is 4. The molecule has 6 nitrogen and oxygen atoms in total. The standard InChI is InChI=1S/C10H12N2O4/c1-3-12-6-7(5-11-12)8(13)4-9(14)10(15)16-2/h4-6,13H,3H2,1-2H3/p-1. The zero-order chi connectivity index (χ0) is 12.1. The molecule has 0 amide bonds. The summed E-state index contributed by atoms with van der Waals surface area (Å²) in [5.74, 6) is -2.59. The van der Waals surface area contributed by atoms with Gasteiger partial charge in [0, 0.05) is 18.3 Å². The molecule has 0 atom stereocenters. The molecule has 1 rings (SSSR count). The van der Waals surface area contributed by atoms with Crippen LogP contribution < -0.4 is 5.11 Å². The van der Waals surface area contributed by atoms with Gasteiger partial charge in [0.15, 0.2) is 0 Å². The van der Waals surface area contributed by atoms with Crippen LogP contribution in [-0.4, -0.2) is 28.6 Å². The van der Waals surface area contributed by atoms with Gasteiger partial charge in [0.25, 0.3) is 5.78 Å². The van der Waals surface area contributed by atoms with Gasteiger partial charge in [-0.1, -0.05) is 5.76 Å². The Morgan fingerprint density at radius 2 is 2.31 bits per heavy atom. The van der Waals surface area contributed by atoms with Crippen LogP contribution in [0.1, 0.15) is 12.5 Å². The molecule has 0 fully saturated rings. The van der Waals surface area contributed by atoms with Crippen LogP contribution in [0.4, 0.5) is 0 Å². The summed E-state index contributed by atoms with van der Waals surface area (Å²) < 4.78 is 5.73. The van der Waals surface area contributed by atoms with E-state index in [-0.39, 0.29) is 5.56 Å². The zero-order valence-corrected chi connectivity index (χ0v) is 8.97. The number of aromatic nitrogens is 2. The quantitative estimate of drug-likeness (QED) is 0.293. The number of methoxy groups -OCH3 is 1. The van der Waals surface area contributed by atoms with Crippen molar-refractivity contribution in [1.82, 2.24) is 9.78 Å². The number of ether oxygens (including phenoxy) is 1. The van der Waals surface area contributed by atoms with Gasteiger partial charge in [0.1, 0.15) is 0 Å². The highest BCUT2D eigenvalue weighted by atomic mass is 16.5. The highest BCUT2D eigenvalue weighted by Gasteiger charge is 2.10. The van der Waals surface area contributed by atoms with E-state index in [0.29, 0.717) is 12.6 Å². The molecule has 86 valence electrons. The monoisotopic (exact) mass is 223 g/mol. The molecular formula is C10H11N2O4-. The molecule has 0 aliphatic rings. The lowest BCUT2D eigenvalue weighted by Crippen LogP contribution is -2.15. The molecule has 0 unspecified atom stereocenters. The van der Waals surface area contributed by atoms with Crippen molar-refractivity contribution in [3.8, 4) is 0 Å². The van der Waals surface area contributed by atoms with Crippen LogP contribution >= 0.6 is 0 Å². The first-order valence-electron chi connectivity index (χ1n) is 4.62. The molecule has 0 aliphatic heterocycles. The van der Waals surface area contributed by atoms with E-state index in [2.05, 4.69) is 9.84 Å². The topological polar surface area (TPSA) is 84.2 Å². The summed E-state index contributed by atoms with van der Waals surface area (Å²) >= 11 is 0. The first-order chi connectivity index (χ1) is 7.58. The number of esters is 1. The third kappa shape index (κ3) is 2.69. The van der Waals surface area contributed by atoms with Crippen LogP contribution in [0.2, 0.25) is 0 Å². The minimum Gasteiger partial charge on any atom is -0.872 e. The Balaban J connectivity index is 2.84. The normalized spacial score (nSPS) is 11.2. The van der Waals surface area contributed by atoms with E-state index in [1.807, 2.05) is 6.92 Å². The number of hydrogen-bond acceptors (Lipinski definition) is 5. The molecule has 0 radical (unpaired) electrons. The summed E-state index contributed by atoms with van der Waals surface area (Å²) in [6.07, 6.45) is 3.54. The van der Waals surface area contributed by atoms with Gasteiger partial charge in [0.2, 0.25) is 0 Å². The minimum absolute atomic E-state index is 0.263. The maximum Gasteiger partial charge on any atom is 0.378 e. The fourth-order valence-corrected chi connectivity index (χ4v) is 1.03. The van der Waals surface area contributed by atoms with Gasteiger partial charge in [-0.25, -0.2) is 4.79 Å². The van der Waals surface area contributed by atoms with Crippen molar-refractivity contribution >= 4 is 17.5 Å². The molecule has 1 heterocycles. The van der Waals surface area contributed by atoms with Crippen molar-refractivity contribution in [3.05, 3.63) is 24.0 Å². The molecule has 0 spiro atoms. The number of hydrogen-bond donors (Lipinski definition) is 0. The van der Waals surface area contributed by atoms with E-state index in [1.54, 1.807) is 4.68 Å². The van der Waals surface area contributed by atoms with Crippen LogP contribution in [-0.2, 0) is 20.9 Å². The maximum absolute atomic E-state index is 11.5. The van der Waals surface area contributed by atoms with E-state index in [0.717, 1.165) is 7.11 Å². The highest BCUT2D eigenvalue weighted by Crippen LogP contribution is 2.06. The Morgan fingerprint density at radius 1 is 1.62 bits per heavy atom. The third-order valence-electron chi connectivity index (χ3n) is 1.89. The zero-order valence-electron chi connectivity index (χ0n) is 8.97. The smallest absolute Gasteiger partial charge is 0.378 e. The van der Waals surface area contributed by atoms with Crippen LogP contribution in [0.5, 0.6) is 0 Å². The van der Waals surface area contributed by atoms with E-state index >= 15 is 0 Å². The average molecular weight is 223 g/mol. The molecular weight excluding hydrogens is 212 g/mol. The minimum atomic E-state index is -1.06.